The average molecular weight is 908 g/mol. The van der Waals surface area contributed by atoms with E-state index in [0.717, 1.165) is 65.1 Å². The number of aromatic nitrogens is 1. The highest BCUT2D eigenvalue weighted by atomic mass is 32.1. The molecule has 0 spiro atoms. The number of nitrogens with zero attached hydrogens (tertiary/aromatic N) is 2. The smallest absolute Gasteiger partial charge is 0.338 e. The standard InChI is InChI=1S/C54H57N3O8S/c1-3-5-6-10-38-13-17-40(18-14-38)42-27-31-47(32-28-42)63-36-48(65-53(60)45-19-15-39(16-20-45)35-55-57-54-56-49-11-7-8-12-50(49)66-54)37-64-52(59)44-23-21-41(22-24-44)43-25-29-46(30-26-43)61-33-9-34-62-51(58)4-2/h4,7-8,11-26,29-30,35,42,47-48H,2-3,5-6,9-10,27-28,31-34,36-37H2,1H3,(H,56,57)/b55-35+. The Morgan fingerprint density at radius 3 is 2.18 bits per heavy atom. The van der Waals surface area contributed by atoms with Crippen molar-refractivity contribution in [2.75, 3.05) is 31.9 Å². The number of unbranched alkanes of at least 4 members (excludes halogenated alkanes) is 2. The van der Waals surface area contributed by atoms with Gasteiger partial charge in [-0.1, -0.05) is 110 Å². The molecule has 1 atom stereocenters. The minimum atomic E-state index is -0.833. The molecular weight excluding hydrogens is 851 g/mol. The fraction of sp³-hybridized carbons (Fsp3) is 0.315. The summed E-state index contributed by atoms with van der Waals surface area (Å²) >= 11 is 1.51. The number of carbonyl (C=O) groups is 3. The SMILES string of the molecule is C=CC(=O)OCCCOc1ccc(-c2ccc(C(=O)OCC(COC3CCC(c4ccc(CCCCC)cc4)CC3)OC(=O)c3ccc(/C=N/Nc4nc5ccccc5s4)cc3)cc2)cc1. The number of aryl methyl sites for hydroxylation is 1. The minimum Gasteiger partial charge on any atom is -0.493 e. The van der Waals surface area contributed by atoms with Gasteiger partial charge in [-0.2, -0.15) is 5.10 Å². The lowest BCUT2D eigenvalue weighted by Crippen LogP contribution is -2.32. The van der Waals surface area contributed by atoms with Crippen molar-refractivity contribution in [2.24, 2.45) is 5.10 Å². The van der Waals surface area contributed by atoms with Crippen LogP contribution in [-0.2, 0) is 30.2 Å². The van der Waals surface area contributed by atoms with E-state index in [1.165, 1.54) is 41.7 Å². The first kappa shape index (κ1) is 47.3. The molecule has 0 aliphatic heterocycles. The summed E-state index contributed by atoms with van der Waals surface area (Å²) in [7, 11) is 0. The lowest BCUT2D eigenvalue weighted by Gasteiger charge is -2.30. The Hall–Kier alpha value is -6.63. The maximum absolute atomic E-state index is 13.5. The fourth-order valence-corrected chi connectivity index (χ4v) is 8.56. The van der Waals surface area contributed by atoms with Crippen molar-refractivity contribution >= 4 is 50.8 Å². The second-order valence-electron chi connectivity index (χ2n) is 16.3. The van der Waals surface area contributed by atoms with E-state index in [1.54, 1.807) is 42.6 Å². The molecule has 6 aromatic rings. The second-order valence-corrected chi connectivity index (χ2v) is 17.3. The van der Waals surface area contributed by atoms with Crippen molar-refractivity contribution in [3.8, 4) is 16.9 Å². The molecule has 7 rings (SSSR count). The molecule has 12 heteroatoms. The molecule has 0 radical (unpaired) electrons. The summed E-state index contributed by atoms with van der Waals surface area (Å²) in [5.74, 6) is -0.365. The number of carbonyl (C=O) groups excluding carboxylic acids is 3. The third-order valence-electron chi connectivity index (χ3n) is 11.5. The van der Waals surface area contributed by atoms with Crippen molar-refractivity contribution in [3.63, 3.8) is 0 Å². The summed E-state index contributed by atoms with van der Waals surface area (Å²) < 4.78 is 29.9. The summed E-state index contributed by atoms with van der Waals surface area (Å²) in [4.78, 5) is 42.6. The lowest BCUT2D eigenvalue weighted by molar-refractivity contribution is -0.137. The van der Waals surface area contributed by atoms with Crippen LogP contribution in [0.5, 0.6) is 5.75 Å². The van der Waals surface area contributed by atoms with Crippen molar-refractivity contribution < 1.29 is 38.1 Å². The molecule has 1 aliphatic rings. The molecule has 1 N–H and O–H groups in total. The highest BCUT2D eigenvalue weighted by Crippen LogP contribution is 2.34. The first-order valence-corrected chi connectivity index (χ1v) is 23.6. The van der Waals surface area contributed by atoms with E-state index in [0.29, 0.717) is 41.0 Å². The van der Waals surface area contributed by atoms with Gasteiger partial charge in [0.2, 0.25) is 5.13 Å². The van der Waals surface area contributed by atoms with Gasteiger partial charge in [0.15, 0.2) is 6.10 Å². The maximum atomic E-state index is 13.5. The van der Waals surface area contributed by atoms with Gasteiger partial charge in [-0.25, -0.2) is 19.4 Å². The molecule has 1 unspecified atom stereocenters. The van der Waals surface area contributed by atoms with Crippen LogP contribution in [0.1, 0.15) is 102 Å². The van der Waals surface area contributed by atoms with E-state index < -0.39 is 24.0 Å². The monoisotopic (exact) mass is 907 g/mol. The Bertz CT molecular complexity index is 2480. The van der Waals surface area contributed by atoms with E-state index >= 15 is 0 Å². The van der Waals surface area contributed by atoms with Crippen LogP contribution in [0.4, 0.5) is 5.13 Å². The number of hydrogen-bond acceptors (Lipinski definition) is 12. The molecule has 0 amide bonds. The number of nitrogens with one attached hydrogen (secondary N) is 1. The largest absolute Gasteiger partial charge is 0.493 e. The van der Waals surface area contributed by atoms with Gasteiger partial charge >= 0.3 is 17.9 Å². The van der Waals surface area contributed by atoms with E-state index in [-0.39, 0.29) is 25.9 Å². The lowest BCUT2D eigenvalue weighted by atomic mass is 9.82. The maximum Gasteiger partial charge on any atom is 0.338 e. The van der Waals surface area contributed by atoms with Gasteiger partial charge in [-0.05, 0) is 121 Å². The molecule has 1 heterocycles. The highest BCUT2D eigenvalue weighted by molar-refractivity contribution is 7.22. The van der Waals surface area contributed by atoms with E-state index in [1.807, 2.05) is 60.7 Å². The summed E-state index contributed by atoms with van der Waals surface area (Å²) in [6.45, 7) is 6.18. The van der Waals surface area contributed by atoms with Crippen molar-refractivity contribution in [1.82, 2.24) is 4.98 Å². The second kappa shape index (κ2) is 24.6. The molecule has 0 saturated heterocycles. The van der Waals surface area contributed by atoms with Crippen molar-refractivity contribution in [2.45, 2.75) is 82.8 Å². The molecule has 1 aliphatic carbocycles. The molecule has 66 heavy (non-hydrogen) atoms. The first-order valence-electron chi connectivity index (χ1n) is 22.8. The van der Waals surface area contributed by atoms with E-state index in [9.17, 15) is 14.4 Å². The number of benzene rings is 5. The van der Waals surface area contributed by atoms with E-state index in [4.69, 9.17) is 23.7 Å². The fourth-order valence-electron chi connectivity index (χ4n) is 7.74. The third-order valence-corrected chi connectivity index (χ3v) is 12.4. The number of esters is 3. The molecule has 342 valence electrons. The Morgan fingerprint density at radius 1 is 0.773 bits per heavy atom. The van der Waals surface area contributed by atoms with Gasteiger partial charge < -0.3 is 23.7 Å². The zero-order valence-corrected chi connectivity index (χ0v) is 38.2. The van der Waals surface area contributed by atoms with Gasteiger partial charge in [0, 0.05) is 12.5 Å². The van der Waals surface area contributed by atoms with Crippen LogP contribution in [0.3, 0.4) is 0 Å². The summed E-state index contributed by atoms with van der Waals surface area (Å²) in [5, 5.41) is 5.00. The number of thiazole rings is 1. The zero-order chi connectivity index (χ0) is 45.9. The van der Waals surface area contributed by atoms with Crippen LogP contribution in [0, 0.1) is 0 Å². The highest BCUT2D eigenvalue weighted by Gasteiger charge is 2.26. The Labute approximate surface area is 390 Å². The molecular formula is C54H57N3O8S. The number of hydrogen-bond donors (Lipinski definition) is 1. The van der Waals surface area contributed by atoms with Gasteiger partial charge in [0.25, 0.3) is 0 Å². The molecule has 1 saturated carbocycles. The first-order chi connectivity index (χ1) is 32.3. The number of rotatable bonds is 23. The van der Waals surface area contributed by atoms with Crippen LogP contribution < -0.4 is 10.2 Å². The number of anilines is 1. The number of para-hydroxylation sites is 1. The van der Waals surface area contributed by atoms with Gasteiger partial charge in [-0.3, -0.25) is 5.43 Å². The topological polar surface area (TPSA) is 135 Å². The van der Waals surface area contributed by atoms with Gasteiger partial charge in [0.05, 0.1) is 53.5 Å². The third kappa shape index (κ3) is 14.2. The quantitative estimate of drug-likeness (QED) is 0.0165. The molecule has 11 nitrogen and oxygen atoms in total. The molecule has 1 fully saturated rings. The summed E-state index contributed by atoms with van der Waals surface area (Å²) in [5.41, 5.74) is 10.0. The minimum absolute atomic E-state index is 0.00326. The molecule has 0 bridgehead atoms. The van der Waals surface area contributed by atoms with Crippen LogP contribution in [-0.4, -0.2) is 67.7 Å². The van der Waals surface area contributed by atoms with Crippen molar-refractivity contribution in [3.05, 3.63) is 162 Å². The predicted molar refractivity (Wildman–Crippen MR) is 261 cm³/mol. The predicted octanol–water partition coefficient (Wildman–Crippen LogP) is 11.8. The summed E-state index contributed by atoms with van der Waals surface area (Å²) in [6.07, 6.45) is 11.1. The zero-order valence-electron chi connectivity index (χ0n) is 37.4. The van der Waals surface area contributed by atoms with E-state index in [2.05, 4.69) is 53.3 Å². The summed E-state index contributed by atoms with van der Waals surface area (Å²) in [6, 6.07) is 38.7. The Kier molecular flexibility index (Phi) is 17.6. The van der Waals surface area contributed by atoms with Crippen LogP contribution >= 0.6 is 11.3 Å². The Balaban J connectivity index is 0.926. The average Bonchev–Trinajstić information content (AvgIpc) is 3.78. The van der Waals surface area contributed by atoms with Crippen molar-refractivity contribution in [1.29, 1.82) is 0 Å². The molecule has 1 aromatic heterocycles. The number of hydrazone groups is 1. The van der Waals surface area contributed by atoms with Gasteiger partial charge in [0.1, 0.15) is 12.4 Å². The van der Waals surface area contributed by atoms with Crippen LogP contribution in [0.25, 0.3) is 21.3 Å². The number of ether oxygens (including phenoxy) is 5. The molecule has 5 aromatic carbocycles. The number of fused-ring (bicyclic) bond motifs is 1. The van der Waals surface area contributed by atoms with Gasteiger partial charge in [-0.15, -0.1) is 0 Å². The Morgan fingerprint density at radius 2 is 1.47 bits per heavy atom. The normalized spacial score (nSPS) is 15.2. The van der Waals surface area contributed by atoms with Crippen LogP contribution in [0.15, 0.2) is 139 Å². The van der Waals surface area contributed by atoms with Crippen LogP contribution in [0.2, 0.25) is 0 Å².